The second-order valence-electron chi connectivity index (χ2n) is 4.41. The molecule has 0 saturated carbocycles. The highest BCUT2D eigenvalue weighted by Crippen LogP contribution is 2.35. The van der Waals surface area contributed by atoms with Crippen molar-refractivity contribution in [3.8, 4) is 17.0 Å². The van der Waals surface area contributed by atoms with E-state index in [0.29, 0.717) is 6.61 Å². The number of carbonyl (C=O) groups is 1. The second-order valence-corrected chi connectivity index (χ2v) is 4.41. The predicted octanol–water partition coefficient (Wildman–Crippen LogP) is 1.97. The third-order valence-electron chi connectivity index (χ3n) is 2.89. The molecule has 0 atom stereocenters. The number of para-hydroxylation sites is 1. The van der Waals surface area contributed by atoms with Crippen LogP contribution < -0.4 is 4.74 Å². The summed E-state index contributed by atoms with van der Waals surface area (Å²) in [5.74, 6) is 0.813. The molecule has 1 aromatic heterocycles. The van der Waals surface area contributed by atoms with E-state index in [0.717, 1.165) is 22.6 Å². The van der Waals surface area contributed by atoms with Gasteiger partial charge in [-0.2, -0.15) is 9.78 Å². The number of fused-ring (bicyclic) bond motifs is 3. The van der Waals surface area contributed by atoms with Crippen LogP contribution in [-0.4, -0.2) is 34.8 Å². The summed E-state index contributed by atoms with van der Waals surface area (Å²) in [5.41, 5.74) is 2.69. The molecule has 0 unspecified atom stereocenters. The first-order chi connectivity index (χ1) is 8.66. The molecular weight excluding hydrogens is 230 g/mol. The van der Waals surface area contributed by atoms with Crippen LogP contribution >= 0.6 is 0 Å². The zero-order valence-electron chi connectivity index (χ0n) is 10.3. The molecular formula is C13H13N3O2. The Morgan fingerprint density at radius 1 is 1.39 bits per heavy atom. The largest absolute Gasteiger partial charge is 0.488 e. The smallest absolute Gasteiger partial charge is 0.344 e. The van der Waals surface area contributed by atoms with Gasteiger partial charge in [-0.3, -0.25) is 0 Å². The molecule has 0 saturated heterocycles. The van der Waals surface area contributed by atoms with E-state index in [9.17, 15) is 4.79 Å². The molecule has 18 heavy (non-hydrogen) atoms. The van der Waals surface area contributed by atoms with Crippen LogP contribution in [0.4, 0.5) is 4.79 Å². The maximum Gasteiger partial charge on any atom is 0.344 e. The Morgan fingerprint density at radius 2 is 2.17 bits per heavy atom. The number of amides is 1. The summed E-state index contributed by atoms with van der Waals surface area (Å²) in [5, 5.41) is 4.36. The van der Waals surface area contributed by atoms with Gasteiger partial charge in [-0.25, -0.2) is 4.79 Å². The van der Waals surface area contributed by atoms with Crippen molar-refractivity contribution in [1.82, 2.24) is 14.7 Å². The van der Waals surface area contributed by atoms with Gasteiger partial charge < -0.3 is 9.64 Å². The Balaban J connectivity index is 2.10. The van der Waals surface area contributed by atoms with E-state index in [4.69, 9.17) is 4.74 Å². The number of nitrogens with zero attached hydrogens (tertiary/aromatic N) is 3. The van der Waals surface area contributed by atoms with Crippen LogP contribution in [0, 0.1) is 0 Å². The summed E-state index contributed by atoms with van der Waals surface area (Å²) in [6.45, 7) is 0.451. The van der Waals surface area contributed by atoms with E-state index in [-0.39, 0.29) is 6.03 Å². The minimum Gasteiger partial charge on any atom is -0.488 e. The van der Waals surface area contributed by atoms with Gasteiger partial charge >= 0.3 is 6.03 Å². The molecule has 0 aliphatic carbocycles. The number of aromatic nitrogens is 2. The van der Waals surface area contributed by atoms with E-state index in [2.05, 4.69) is 5.10 Å². The summed E-state index contributed by atoms with van der Waals surface area (Å²) in [7, 11) is 3.40. The lowest BCUT2D eigenvalue weighted by Crippen LogP contribution is -2.27. The number of benzene rings is 1. The Bertz CT molecular complexity index is 616. The summed E-state index contributed by atoms with van der Waals surface area (Å²) in [6, 6.07) is 7.55. The maximum atomic E-state index is 11.9. The molecule has 1 aliphatic heterocycles. The molecule has 0 fully saturated rings. The Labute approximate surface area is 105 Å². The molecule has 5 nitrogen and oxygen atoms in total. The van der Waals surface area contributed by atoms with Crippen molar-refractivity contribution in [3.63, 3.8) is 0 Å². The lowest BCUT2D eigenvalue weighted by Gasteiger charge is -2.15. The number of rotatable bonds is 0. The summed E-state index contributed by atoms with van der Waals surface area (Å²) in [6.07, 6.45) is 1.73. The van der Waals surface area contributed by atoms with E-state index >= 15 is 0 Å². The van der Waals surface area contributed by atoms with Crippen LogP contribution in [0.1, 0.15) is 5.56 Å². The first-order valence-corrected chi connectivity index (χ1v) is 5.69. The molecule has 92 valence electrons. The van der Waals surface area contributed by atoms with Crippen LogP contribution in [-0.2, 0) is 6.61 Å². The fourth-order valence-corrected chi connectivity index (χ4v) is 1.99. The molecule has 5 heteroatoms. The van der Waals surface area contributed by atoms with Gasteiger partial charge in [0, 0.05) is 31.4 Å². The average molecular weight is 243 g/mol. The van der Waals surface area contributed by atoms with Crippen LogP contribution in [0.5, 0.6) is 5.75 Å². The van der Waals surface area contributed by atoms with Crippen LogP contribution in [0.15, 0.2) is 30.5 Å². The molecule has 2 aromatic rings. The first-order valence-electron chi connectivity index (χ1n) is 5.69. The quantitative estimate of drug-likeness (QED) is 0.710. The molecule has 0 spiro atoms. The van der Waals surface area contributed by atoms with Gasteiger partial charge in [0.05, 0.1) is 0 Å². The molecule has 1 aromatic carbocycles. The lowest BCUT2D eigenvalue weighted by molar-refractivity contribution is 0.216. The highest BCUT2D eigenvalue weighted by molar-refractivity contribution is 5.78. The minimum atomic E-state index is -0.165. The molecule has 2 heterocycles. The fourth-order valence-electron chi connectivity index (χ4n) is 1.99. The Hall–Kier alpha value is -2.30. The third kappa shape index (κ3) is 1.55. The first kappa shape index (κ1) is 10.8. The van der Waals surface area contributed by atoms with Crippen molar-refractivity contribution >= 4 is 6.03 Å². The molecule has 0 N–H and O–H groups in total. The van der Waals surface area contributed by atoms with Crippen LogP contribution in [0.2, 0.25) is 0 Å². The number of hydrogen-bond donors (Lipinski definition) is 0. The van der Waals surface area contributed by atoms with Crippen LogP contribution in [0.25, 0.3) is 11.3 Å². The molecule has 3 rings (SSSR count). The van der Waals surface area contributed by atoms with Gasteiger partial charge in [0.25, 0.3) is 0 Å². The topological polar surface area (TPSA) is 47.4 Å². The standard InChI is InChI=1S/C13H13N3O2/c1-15(2)13(17)16-7-9-8-18-11-6-4-3-5-10(11)12(9)14-16/h3-7H,8H2,1-2H3. The van der Waals surface area contributed by atoms with Crippen molar-refractivity contribution in [1.29, 1.82) is 0 Å². The maximum absolute atomic E-state index is 11.9. The van der Waals surface area contributed by atoms with Gasteiger partial charge in [0.15, 0.2) is 0 Å². The third-order valence-corrected chi connectivity index (χ3v) is 2.89. The van der Waals surface area contributed by atoms with E-state index in [1.54, 1.807) is 20.3 Å². The van der Waals surface area contributed by atoms with Gasteiger partial charge in [-0.1, -0.05) is 12.1 Å². The monoisotopic (exact) mass is 243 g/mol. The normalized spacial score (nSPS) is 12.3. The minimum absolute atomic E-state index is 0.165. The van der Waals surface area contributed by atoms with E-state index in [1.807, 2.05) is 24.3 Å². The molecule has 0 bridgehead atoms. The lowest BCUT2D eigenvalue weighted by atomic mass is 10.1. The van der Waals surface area contributed by atoms with Crippen molar-refractivity contribution in [2.75, 3.05) is 14.1 Å². The fraction of sp³-hybridized carbons (Fsp3) is 0.231. The summed E-state index contributed by atoms with van der Waals surface area (Å²) >= 11 is 0. The average Bonchev–Trinajstić information content (AvgIpc) is 2.81. The highest BCUT2D eigenvalue weighted by Gasteiger charge is 2.22. The second kappa shape index (κ2) is 3.87. The summed E-state index contributed by atoms with van der Waals surface area (Å²) in [4.78, 5) is 13.4. The summed E-state index contributed by atoms with van der Waals surface area (Å²) < 4.78 is 6.98. The zero-order valence-corrected chi connectivity index (χ0v) is 10.3. The van der Waals surface area contributed by atoms with Crippen molar-refractivity contribution in [2.24, 2.45) is 0 Å². The predicted molar refractivity (Wildman–Crippen MR) is 66.5 cm³/mol. The van der Waals surface area contributed by atoms with Crippen molar-refractivity contribution in [2.45, 2.75) is 6.61 Å². The number of carbonyl (C=O) groups excluding carboxylic acids is 1. The Morgan fingerprint density at radius 3 is 2.94 bits per heavy atom. The Kier molecular flexibility index (Phi) is 2.33. The van der Waals surface area contributed by atoms with Crippen molar-refractivity contribution in [3.05, 3.63) is 36.0 Å². The SMILES string of the molecule is CN(C)C(=O)n1cc2c(n1)-c1ccccc1OC2. The van der Waals surface area contributed by atoms with Gasteiger partial charge in [-0.15, -0.1) is 0 Å². The molecule has 1 aliphatic rings. The van der Waals surface area contributed by atoms with E-state index in [1.165, 1.54) is 9.58 Å². The van der Waals surface area contributed by atoms with Gasteiger partial charge in [0.1, 0.15) is 18.1 Å². The van der Waals surface area contributed by atoms with Gasteiger partial charge in [-0.05, 0) is 12.1 Å². The number of ether oxygens (including phenoxy) is 1. The van der Waals surface area contributed by atoms with Crippen molar-refractivity contribution < 1.29 is 9.53 Å². The number of hydrogen-bond acceptors (Lipinski definition) is 3. The van der Waals surface area contributed by atoms with Crippen LogP contribution in [0.3, 0.4) is 0 Å². The molecule has 0 radical (unpaired) electrons. The van der Waals surface area contributed by atoms with Gasteiger partial charge in [0.2, 0.25) is 0 Å². The highest BCUT2D eigenvalue weighted by atomic mass is 16.5. The zero-order chi connectivity index (χ0) is 12.7. The van der Waals surface area contributed by atoms with E-state index < -0.39 is 0 Å². The molecule has 1 amide bonds.